The molecule has 1 aromatic carbocycles. The molecule has 5 nitrogen and oxygen atoms in total. The van der Waals surface area contributed by atoms with Gasteiger partial charge in [0.2, 0.25) is 5.78 Å². The number of hydrogen-bond donors (Lipinski definition) is 1. The summed E-state index contributed by atoms with van der Waals surface area (Å²) in [7, 11) is 0. The van der Waals surface area contributed by atoms with Crippen molar-refractivity contribution in [3.63, 3.8) is 0 Å². The molecule has 0 saturated heterocycles. The summed E-state index contributed by atoms with van der Waals surface area (Å²) in [4.78, 5) is 22.2. The summed E-state index contributed by atoms with van der Waals surface area (Å²) < 4.78 is 1.75. The molecule has 0 aliphatic rings. The van der Waals surface area contributed by atoms with E-state index in [2.05, 4.69) is 10.4 Å². The van der Waals surface area contributed by atoms with Crippen LogP contribution in [0.25, 0.3) is 0 Å². The van der Waals surface area contributed by atoms with Crippen molar-refractivity contribution in [2.24, 2.45) is 0 Å². The van der Waals surface area contributed by atoms with E-state index in [1.807, 2.05) is 31.2 Å². The summed E-state index contributed by atoms with van der Waals surface area (Å²) in [5.41, 5.74) is 1.93. The number of carbonyl (C=O) groups excluding carboxylic acids is 2. The van der Waals surface area contributed by atoms with E-state index in [1.165, 1.54) is 6.92 Å². The second kappa shape index (κ2) is 5.88. The maximum Gasteiger partial charge on any atom is 0.292 e. The van der Waals surface area contributed by atoms with Gasteiger partial charge in [0, 0.05) is 23.7 Å². The van der Waals surface area contributed by atoms with Crippen LogP contribution in [-0.4, -0.2) is 21.5 Å². The highest BCUT2D eigenvalue weighted by atomic mass is 35.5. The SMILES string of the molecule is CC(=O)C(=O)Nc1cc(C)n(Cc2ccc(Cl)cc2)n1. The molecule has 2 rings (SSSR count). The molecular weight excluding hydrogens is 278 g/mol. The van der Waals surface area contributed by atoms with Gasteiger partial charge in [-0.15, -0.1) is 0 Å². The quantitative estimate of drug-likeness (QED) is 0.880. The smallest absolute Gasteiger partial charge is 0.292 e. The summed E-state index contributed by atoms with van der Waals surface area (Å²) in [6, 6.07) is 9.17. The molecule has 1 amide bonds. The van der Waals surface area contributed by atoms with E-state index in [0.29, 0.717) is 17.4 Å². The van der Waals surface area contributed by atoms with E-state index >= 15 is 0 Å². The third kappa shape index (κ3) is 3.45. The standard InChI is InChI=1S/C14H14ClN3O2/c1-9-7-13(16-14(20)10(2)19)17-18(9)8-11-3-5-12(15)6-4-11/h3-7H,8H2,1-2H3,(H,16,17,20). The Bertz CT molecular complexity index is 647. The predicted molar refractivity (Wildman–Crippen MR) is 76.8 cm³/mol. The molecule has 0 unspecified atom stereocenters. The second-order valence-corrected chi connectivity index (χ2v) is 4.90. The number of rotatable bonds is 4. The van der Waals surface area contributed by atoms with Gasteiger partial charge in [0.05, 0.1) is 6.54 Å². The number of amides is 1. The summed E-state index contributed by atoms with van der Waals surface area (Å²) in [6.07, 6.45) is 0. The van der Waals surface area contributed by atoms with Crippen LogP contribution in [0.3, 0.4) is 0 Å². The number of nitrogens with one attached hydrogen (secondary N) is 1. The highest BCUT2D eigenvalue weighted by molar-refractivity contribution is 6.39. The molecule has 6 heteroatoms. The van der Waals surface area contributed by atoms with Gasteiger partial charge in [0.25, 0.3) is 5.91 Å². The average Bonchev–Trinajstić information content (AvgIpc) is 2.72. The van der Waals surface area contributed by atoms with Crippen LogP contribution >= 0.6 is 11.6 Å². The zero-order valence-corrected chi connectivity index (χ0v) is 11.9. The molecule has 20 heavy (non-hydrogen) atoms. The predicted octanol–water partition coefficient (Wildman–Crippen LogP) is 2.42. The van der Waals surface area contributed by atoms with Crippen molar-refractivity contribution in [1.29, 1.82) is 0 Å². The summed E-state index contributed by atoms with van der Waals surface area (Å²) in [6.45, 7) is 3.66. The Morgan fingerprint density at radius 1 is 1.30 bits per heavy atom. The largest absolute Gasteiger partial charge is 0.303 e. The molecule has 0 fully saturated rings. The molecule has 1 N–H and O–H groups in total. The molecule has 0 radical (unpaired) electrons. The van der Waals surface area contributed by atoms with Gasteiger partial charge in [0.1, 0.15) is 0 Å². The van der Waals surface area contributed by atoms with Crippen molar-refractivity contribution < 1.29 is 9.59 Å². The fourth-order valence-electron chi connectivity index (χ4n) is 1.70. The minimum Gasteiger partial charge on any atom is -0.303 e. The Hall–Kier alpha value is -2.14. The highest BCUT2D eigenvalue weighted by Gasteiger charge is 2.11. The molecule has 1 aromatic heterocycles. The van der Waals surface area contributed by atoms with E-state index < -0.39 is 11.7 Å². The number of nitrogens with zero attached hydrogens (tertiary/aromatic N) is 2. The molecule has 2 aromatic rings. The molecule has 0 saturated carbocycles. The molecular formula is C14H14ClN3O2. The zero-order valence-electron chi connectivity index (χ0n) is 11.2. The van der Waals surface area contributed by atoms with Gasteiger partial charge in [-0.2, -0.15) is 5.10 Å². The van der Waals surface area contributed by atoms with Crippen molar-refractivity contribution in [1.82, 2.24) is 9.78 Å². The third-order valence-electron chi connectivity index (χ3n) is 2.79. The Labute approximate surface area is 121 Å². The molecule has 0 aliphatic carbocycles. The van der Waals surface area contributed by atoms with Crippen LogP contribution in [0.2, 0.25) is 5.02 Å². The van der Waals surface area contributed by atoms with E-state index in [4.69, 9.17) is 11.6 Å². The van der Waals surface area contributed by atoms with Crippen LogP contribution in [-0.2, 0) is 16.1 Å². The number of ketones is 1. The van der Waals surface area contributed by atoms with Crippen molar-refractivity contribution >= 4 is 29.1 Å². The number of aromatic nitrogens is 2. The third-order valence-corrected chi connectivity index (χ3v) is 3.04. The molecule has 0 aliphatic heterocycles. The number of Topliss-reactive ketones (excluding diaryl/α,β-unsaturated/α-hetero) is 1. The van der Waals surface area contributed by atoms with Crippen molar-refractivity contribution in [3.05, 3.63) is 46.6 Å². The van der Waals surface area contributed by atoms with Crippen LogP contribution in [0, 0.1) is 6.92 Å². The van der Waals surface area contributed by atoms with Crippen LogP contribution in [0.1, 0.15) is 18.2 Å². The van der Waals surface area contributed by atoms with Crippen LogP contribution < -0.4 is 5.32 Å². The first-order chi connectivity index (χ1) is 9.45. The number of aryl methyl sites for hydroxylation is 1. The minimum absolute atomic E-state index is 0.372. The van der Waals surface area contributed by atoms with Gasteiger partial charge >= 0.3 is 0 Å². The van der Waals surface area contributed by atoms with E-state index in [-0.39, 0.29) is 0 Å². The first-order valence-corrected chi connectivity index (χ1v) is 6.44. The second-order valence-electron chi connectivity index (χ2n) is 4.47. The van der Waals surface area contributed by atoms with Gasteiger partial charge in [-0.1, -0.05) is 23.7 Å². The lowest BCUT2D eigenvalue weighted by Gasteiger charge is -2.04. The Kier molecular flexibility index (Phi) is 4.20. The van der Waals surface area contributed by atoms with E-state index in [1.54, 1.807) is 10.7 Å². The average molecular weight is 292 g/mol. The van der Waals surface area contributed by atoms with Crippen LogP contribution in [0.4, 0.5) is 5.82 Å². The number of anilines is 1. The molecule has 1 heterocycles. The fourth-order valence-corrected chi connectivity index (χ4v) is 1.82. The van der Waals surface area contributed by atoms with Gasteiger partial charge in [0.15, 0.2) is 5.82 Å². The van der Waals surface area contributed by atoms with Gasteiger partial charge in [-0.3, -0.25) is 14.3 Å². The summed E-state index contributed by atoms with van der Waals surface area (Å²) >= 11 is 5.84. The first kappa shape index (κ1) is 14.3. The Balaban J connectivity index is 2.13. The number of benzene rings is 1. The zero-order chi connectivity index (χ0) is 14.7. The lowest BCUT2D eigenvalue weighted by molar-refractivity contribution is -0.133. The number of hydrogen-bond acceptors (Lipinski definition) is 3. The monoisotopic (exact) mass is 291 g/mol. The topological polar surface area (TPSA) is 64.0 Å². The molecule has 104 valence electrons. The van der Waals surface area contributed by atoms with Crippen LogP contribution in [0.15, 0.2) is 30.3 Å². The number of carbonyl (C=O) groups is 2. The highest BCUT2D eigenvalue weighted by Crippen LogP contribution is 2.13. The minimum atomic E-state index is -0.666. The number of halogens is 1. The Morgan fingerprint density at radius 2 is 1.95 bits per heavy atom. The van der Waals surface area contributed by atoms with E-state index in [0.717, 1.165) is 11.3 Å². The van der Waals surface area contributed by atoms with Gasteiger partial charge in [-0.25, -0.2) is 0 Å². The summed E-state index contributed by atoms with van der Waals surface area (Å²) in [5, 5.41) is 7.39. The lowest BCUT2D eigenvalue weighted by Crippen LogP contribution is -2.20. The molecule has 0 spiro atoms. The Morgan fingerprint density at radius 3 is 2.55 bits per heavy atom. The van der Waals surface area contributed by atoms with Gasteiger partial charge < -0.3 is 5.32 Å². The normalized spacial score (nSPS) is 10.3. The first-order valence-electron chi connectivity index (χ1n) is 6.06. The maximum absolute atomic E-state index is 11.3. The van der Waals surface area contributed by atoms with Crippen LogP contribution in [0.5, 0.6) is 0 Å². The maximum atomic E-state index is 11.3. The van der Waals surface area contributed by atoms with E-state index in [9.17, 15) is 9.59 Å². The fraction of sp³-hybridized carbons (Fsp3) is 0.214. The van der Waals surface area contributed by atoms with Crippen molar-refractivity contribution in [2.75, 3.05) is 5.32 Å². The molecule has 0 bridgehead atoms. The lowest BCUT2D eigenvalue weighted by atomic mass is 10.2. The molecule has 0 atom stereocenters. The van der Waals surface area contributed by atoms with Gasteiger partial charge in [-0.05, 0) is 24.6 Å². The summed E-state index contributed by atoms with van der Waals surface area (Å²) in [5.74, 6) is -0.840. The van der Waals surface area contributed by atoms with Crippen molar-refractivity contribution in [2.45, 2.75) is 20.4 Å². The van der Waals surface area contributed by atoms with Crippen molar-refractivity contribution in [3.8, 4) is 0 Å².